The Labute approximate surface area is 176 Å². The summed E-state index contributed by atoms with van der Waals surface area (Å²) in [4.78, 5) is 28.4. The fourth-order valence-corrected chi connectivity index (χ4v) is 3.98. The van der Waals surface area contributed by atoms with E-state index in [-0.39, 0.29) is 24.5 Å². The summed E-state index contributed by atoms with van der Waals surface area (Å²) < 4.78 is 16.2. The van der Waals surface area contributed by atoms with Gasteiger partial charge in [-0.1, -0.05) is 18.2 Å². The normalized spacial score (nSPS) is 30.7. The average molecular weight is 415 g/mol. The highest BCUT2D eigenvalue weighted by Gasteiger charge is 2.38. The quantitative estimate of drug-likeness (QED) is 0.594. The maximum Gasteiger partial charge on any atom is 0.509 e. The monoisotopic (exact) mass is 415 g/mol. The fraction of sp³-hybridized carbons (Fsp3) is 0.522. The number of ether oxygens (including phenoxy) is 3. The van der Waals surface area contributed by atoms with Crippen LogP contribution in [0.3, 0.4) is 0 Å². The minimum atomic E-state index is -0.830. The zero-order valence-corrected chi connectivity index (χ0v) is 17.2. The van der Waals surface area contributed by atoms with Gasteiger partial charge in [0, 0.05) is 30.0 Å². The number of rotatable bonds is 3. The first kappa shape index (κ1) is 22.0. The van der Waals surface area contributed by atoms with Gasteiger partial charge < -0.3 is 19.3 Å². The van der Waals surface area contributed by atoms with Gasteiger partial charge in [0.1, 0.15) is 12.7 Å². The van der Waals surface area contributed by atoms with Crippen molar-refractivity contribution in [3.05, 3.63) is 54.4 Å². The Morgan fingerprint density at radius 1 is 1.33 bits per heavy atom. The van der Waals surface area contributed by atoms with Crippen molar-refractivity contribution in [3.63, 3.8) is 0 Å². The van der Waals surface area contributed by atoms with Crippen LogP contribution in [0.4, 0.5) is 4.79 Å². The van der Waals surface area contributed by atoms with Gasteiger partial charge in [0.25, 0.3) is 0 Å². The van der Waals surface area contributed by atoms with Gasteiger partial charge in [0.05, 0.1) is 12.2 Å². The molecule has 1 aliphatic carbocycles. The second kappa shape index (κ2) is 10.9. The maximum atomic E-state index is 12.3. The summed E-state index contributed by atoms with van der Waals surface area (Å²) in [5.41, 5.74) is 0.745. The van der Waals surface area contributed by atoms with E-state index in [4.69, 9.17) is 14.2 Å². The van der Waals surface area contributed by atoms with Crippen LogP contribution in [0.2, 0.25) is 0 Å². The first-order valence-electron chi connectivity index (χ1n) is 10.5. The molecule has 30 heavy (non-hydrogen) atoms. The number of aliphatic hydroxyl groups is 1. The largest absolute Gasteiger partial charge is 0.509 e. The molecular weight excluding hydrogens is 386 g/mol. The van der Waals surface area contributed by atoms with Crippen molar-refractivity contribution >= 4 is 12.1 Å². The van der Waals surface area contributed by atoms with Crippen molar-refractivity contribution in [3.8, 4) is 0 Å². The SMILES string of the molecule is C[C@H]1CCC/C=C/[C@@H]2C[C@H](O)C[C@H]2[C@H](OC(=O)OCc2cccnc2)C=CC(=O)O1. The molecule has 2 heterocycles. The van der Waals surface area contributed by atoms with Gasteiger partial charge in [-0.2, -0.15) is 0 Å². The van der Waals surface area contributed by atoms with E-state index in [1.54, 1.807) is 30.6 Å². The minimum Gasteiger partial charge on any atom is -0.460 e. The number of hydrogen-bond acceptors (Lipinski definition) is 7. The van der Waals surface area contributed by atoms with Gasteiger partial charge in [-0.25, -0.2) is 9.59 Å². The highest BCUT2D eigenvalue weighted by molar-refractivity contribution is 5.82. The summed E-state index contributed by atoms with van der Waals surface area (Å²) in [7, 11) is 0. The highest BCUT2D eigenvalue weighted by atomic mass is 16.7. The zero-order valence-electron chi connectivity index (χ0n) is 17.2. The lowest BCUT2D eigenvalue weighted by atomic mass is 9.89. The van der Waals surface area contributed by atoms with Gasteiger partial charge in [-0.3, -0.25) is 4.98 Å². The Morgan fingerprint density at radius 2 is 2.20 bits per heavy atom. The summed E-state index contributed by atoms with van der Waals surface area (Å²) in [6, 6.07) is 3.55. The van der Waals surface area contributed by atoms with Crippen molar-refractivity contribution in [2.75, 3.05) is 0 Å². The van der Waals surface area contributed by atoms with Gasteiger partial charge in [-0.15, -0.1) is 0 Å². The third kappa shape index (κ3) is 6.69. The van der Waals surface area contributed by atoms with Crippen LogP contribution in [0.25, 0.3) is 0 Å². The number of aliphatic hydroxyl groups excluding tert-OH is 1. The number of cyclic esters (lactones) is 1. The van der Waals surface area contributed by atoms with E-state index in [1.165, 1.54) is 6.08 Å². The van der Waals surface area contributed by atoms with Crippen LogP contribution in [0.1, 0.15) is 44.6 Å². The van der Waals surface area contributed by atoms with E-state index in [0.29, 0.717) is 12.8 Å². The molecule has 2 aliphatic rings. The first-order chi connectivity index (χ1) is 14.5. The van der Waals surface area contributed by atoms with E-state index in [1.807, 2.05) is 6.92 Å². The van der Waals surface area contributed by atoms with E-state index >= 15 is 0 Å². The second-order valence-corrected chi connectivity index (χ2v) is 7.90. The molecule has 5 atom stereocenters. The molecular formula is C23H29NO6. The molecule has 1 aromatic heterocycles. The molecule has 1 N–H and O–H groups in total. The third-order valence-corrected chi connectivity index (χ3v) is 5.48. The molecule has 1 fully saturated rings. The van der Waals surface area contributed by atoms with Crippen LogP contribution >= 0.6 is 0 Å². The van der Waals surface area contributed by atoms with E-state index < -0.39 is 24.3 Å². The summed E-state index contributed by atoms with van der Waals surface area (Å²) in [5, 5.41) is 10.2. The molecule has 7 heteroatoms. The number of fused-ring (bicyclic) bond motifs is 1. The molecule has 0 unspecified atom stereocenters. The molecule has 0 radical (unpaired) electrons. The zero-order chi connectivity index (χ0) is 21.3. The number of aromatic nitrogens is 1. The lowest BCUT2D eigenvalue weighted by molar-refractivity contribution is -0.142. The number of nitrogens with zero attached hydrogens (tertiary/aromatic N) is 1. The van der Waals surface area contributed by atoms with Crippen LogP contribution in [0.5, 0.6) is 0 Å². The Morgan fingerprint density at radius 3 is 3.00 bits per heavy atom. The predicted octanol–water partition coefficient (Wildman–Crippen LogP) is 3.72. The van der Waals surface area contributed by atoms with E-state index in [9.17, 15) is 14.7 Å². The molecule has 0 bridgehead atoms. The van der Waals surface area contributed by atoms with Crippen LogP contribution in [0, 0.1) is 11.8 Å². The molecule has 0 spiro atoms. The third-order valence-electron chi connectivity index (χ3n) is 5.48. The molecule has 0 saturated heterocycles. The molecule has 1 aromatic rings. The Balaban J connectivity index is 1.72. The Hall–Kier alpha value is -2.67. The summed E-state index contributed by atoms with van der Waals surface area (Å²) in [6.07, 6.45) is 11.7. The number of esters is 1. The lowest BCUT2D eigenvalue weighted by Crippen LogP contribution is -2.28. The standard InChI is InChI=1S/C23H29NO6/c1-16-6-3-2-4-8-18-12-19(25)13-20(18)21(9-10-22(26)29-16)30-23(27)28-15-17-7-5-11-24-14-17/h4-5,7-11,14,16,18-21,25H,2-3,6,12-13,15H2,1H3/b8-4+,10-9?/t16-,18+,19-,20+,21+/m0/s1. The second-order valence-electron chi connectivity index (χ2n) is 7.90. The molecule has 3 rings (SSSR count). The van der Waals surface area contributed by atoms with Crippen LogP contribution in [0.15, 0.2) is 48.8 Å². The lowest BCUT2D eigenvalue weighted by Gasteiger charge is -2.24. The Kier molecular flexibility index (Phi) is 8.02. The highest BCUT2D eigenvalue weighted by Crippen LogP contribution is 2.37. The van der Waals surface area contributed by atoms with Gasteiger partial charge >= 0.3 is 12.1 Å². The van der Waals surface area contributed by atoms with Crippen LogP contribution < -0.4 is 0 Å². The van der Waals surface area contributed by atoms with Gasteiger partial charge in [0.2, 0.25) is 0 Å². The number of allylic oxidation sites excluding steroid dienone is 2. The molecule has 0 amide bonds. The molecule has 1 aliphatic heterocycles. The van der Waals surface area contributed by atoms with Crippen molar-refractivity contribution in [1.29, 1.82) is 0 Å². The van der Waals surface area contributed by atoms with Crippen molar-refractivity contribution in [1.82, 2.24) is 4.98 Å². The number of hydrogen-bond donors (Lipinski definition) is 1. The molecule has 162 valence electrons. The molecule has 0 aromatic carbocycles. The van der Waals surface area contributed by atoms with Crippen molar-refractivity contribution in [2.45, 2.75) is 63.9 Å². The average Bonchev–Trinajstić information content (AvgIpc) is 3.10. The fourth-order valence-electron chi connectivity index (χ4n) is 3.98. The number of pyridine rings is 1. The van der Waals surface area contributed by atoms with Gasteiger partial charge in [0.15, 0.2) is 0 Å². The Bertz CT molecular complexity index is 762. The number of carbonyl (C=O) groups is 2. The van der Waals surface area contributed by atoms with Gasteiger partial charge in [-0.05, 0) is 57.1 Å². The molecule has 7 nitrogen and oxygen atoms in total. The summed E-state index contributed by atoms with van der Waals surface area (Å²) in [5.74, 6) is -0.568. The predicted molar refractivity (Wildman–Crippen MR) is 109 cm³/mol. The van der Waals surface area contributed by atoms with E-state index in [2.05, 4.69) is 17.1 Å². The summed E-state index contributed by atoms with van der Waals surface area (Å²) >= 11 is 0. The van der Waals surface area contributed by atoms with E-state index in [0.717, 1.165) is 24.8 Å². The topological polar surface area (TPSA) is 95.0 Å². The maximum absolute atomic E-state index is 12.3. The van der Waals surface area contributed by atoms with Crippen molar-refractivity contribution in [2.24, 2.45) is 11.8 Å². The summed E-state index contributed by atoms with van der Waals surface area (Å²) in [6.45, 7) is 1.91. The molecule has 1 saturated carbocycles. The number of carbonyl (C=O) groups excluding carboxylic acids is 2. The van der Waals surface area contributed by atoms with Crippen LogP contribution in [-0.4, -0.2) is 40.5 Å². The van der Waals surface area contributed by atoms with Crippen LogP contribution in [-0.2, 0) is 25.6 Å². The van der Waals surface area contributed by atoms with Crippen molar-refractivity contribution < 1.29 is 28.9 Å². The first-order valence-corrected chi connectivity index (χ1v) is 10.5. The smallest absolute Gasteiger partial charge is 0.460 e. The minimum absolute atomic E-state index is 0.0410.